The van der Waals surface area contributed by atoms with Crippen molar-refractivity contribution in [2.75, 3.05) is 13.1 Å². The number of ketones is 1. The summed E-state index contributed by atoms with van der Waals surface area (Å²) in [5.74, 6) is 0.413. The molecule has 25 heavy (non-hydrogen) atoms. The molecule has 0 aliphatic carbocycles. The smallest absolute Gasteiger partial charge is 0.232 e. The van der Waals surface area contributed by atoms with Crippen LogP contribution in [0.1, 0.15) is 21.7 Å². The Balaban J connectivity index is 1.96. The molecule has 0 radical (unpaired) electrons. The van der Waals surface area contributed by atoms with Gasteiger partial charge in [0, 0.05) is 12.6 Å². The van der Waals surface area contributed by atoms with Crippen LogP contribution >= 0.6 is 0 Å². The molecule has 0 saturated heterocycles. The highest BCUT2D eigenvalue weighted by Gasteiger charge is 2.31. The van der Waals surface area contributed by atoms with Gasteiger partial charge in [-0.25, -0.2) is 0 Å². The van der Waals surface area contributed by atoms with E-state index < -0.39 is 0 Å². The molecule has 7 nitrogen and oxygen atoms in total. The number of hydrogen-bond acceptors (Lipinski definition) is 7. The van der Waals surface area contributed by atoms with Gasteiger partial charge in [0.2, 0.25) is 5.78 Å². The van der Waals surface area contributed by atoms with Crippen molar-refractivity contribution in [3.63, 3.8) is 0 Å². The minimum Gasteiger partial charge on any atom is -0.507 e. The van der Waals surface area contributed by atoms with Crippen LogP contribution in [0.15, 0.2) is 40.7 Å². The van der Waals surface area contributed by atoms with Gasteiger partial charge in [0.1, 0.15) is 17.3 Å². The van der Waals surface area contributed by atoms with Crippen LogP contribution in [0.3, 0.4) is 0 Å². The van der Waals surface area contributed by atoms with Gasteiger partial charge in [-0.15, -0.1) is 0 Å². The summed E-state index contributed by atoms with van der Waals surface area (Å²) in [6, 6.07) is 10.2. The molecule has 0 spiro atoms. The predicted octanol–water partition coefficient (Wildman–Crippen LogP) is 2.45. The first-order chi connectivity index (χ1) is 12.1. The predicted molar refractivity (Wildman–Crippen MR) is 86.3 cm³/mol. The molecule has 2 aromatic rings. The number of benzene rings is 1. The van der Waals surface area contributed by atoms with Crippen molar-refractivity contribution in [2.45, 2.75) is 6.54 Å². The summed E-state index contributed by atoms with van der Waals surface area (Å²) >= 11 is 0. The Morgan fingerprint density at radius 3 is 2.60 bits per heavy atom. The van der Waals surface area contributed by atoms with Crippen LogP contribution in [-0.4, -0.2) is 28.9 Å². The Bertz CT molecular complexity index is 901. The lowest BCUT2D eigenvalue weighted by Crippen LogP contribution is -2.24. The Labute approximate surface area is 143 Å². The lowest BCUT2D eigenvalue weighted by molar-refractivity contribution is 0.101. The number of phenolic OH excluding ortho intramolecular Hbond substituents is 1. The van der Waals surface area contributed by atoms with Crippen molar-refractivity contribution in [2.24, 2.45) is 0 Å². The average molecular weight is 335 g/mol. The van der Waals surface area contributed by atoms with Crippen LogP contribution in [0.25, 0.3) is 6.08 Å². The molecule has 124 valence electrons. The van der Waals surface area contributed by atoms with E-state index in [1.54, 1.807) is 12.1 Å². The van der Waals surface area contributed by atoms with Gasteiger partial charge in [-0.2, -0.15) is 10.5 Å². The number of nitriles is 2. The number of carbonyl (C=O) groups excluding carboxylic acids is 1. The molecule has 0 saturated carbocycles. The number of aromatic hydroxyl groups is 1. The molecular formula is C18H13N3O4. The van der Waals surface area contributed by atoms with E-state index in [9.17, 15) is 9.90 Å². The molecule has 1 aliphatic rings. The topological polar surface area (TPSA) is 110 Å². The van der Waals surface area contributed by atoms with Crippen molar-refractivity contribution in [1.82, 2.24) is 4.90 Å². The van der Waals surface area contributed by atoms with Gasteiger partial charge in [0.15, 0.2) is 5.76 Å². The quantitative estimate of drug-likeness (QED) is 0.660. The van der Waals surface area contributed by atoms with Crippen molar-refractivity contribution >= 4 is 11.9 Å². The summed E-state index contributed by atoms with van der Waals surface area (Å²) < 4.78 is 10.8. The molecule has 0 fully saturated rings. The molecular weight excluding hydrogens is 322 g/mol. The maximum absolute atomic E-state index is 12.5. The summed E-state index contributed by atoms with van der Waals surface area (Å²) in [6.45, 7) is 0.136. The first-order valence-corrected chi connectivity index (χ1v) is 7.43. The number of furan rings is 1. The number of fused-ring (bicyclic) bond motifs is 1. The van der Waals surface area contributed by atoms with Gasteiger partial charge in [-0.05, 0) is 24.3 Å². The summed E-state index contributed by atoms with van der Waals surface area (Å²) in [7, 11) is 0. The van der Waals surface area contributed by atoms with Gasteiger partial charge in [0.05, 0.1) is 42.6 Å². The van der Waals surface area contributed by atoms with Crippen molar-refractivity contribution in [1.29, 1.82) is 10.5 Å². The van der Waals surface area contributed by atoms with E-state index in [0.717, 1.165) is 0 Å². The number of hydrogen-bond donors (Lipinski definition) is 1. The number of Topliss-reactive ketones (excluding diaryl/α,β-unsaturated/α-hetero) is 1. The molecule has 1 aliphatic heterocycles. The van der Waals surface area contributed by atoms with Crippen LogP contribution < -0.4 is 4.74 Å². The Hall–Kier alpha value is -3.55. The van der Waals surface area contributed by atoms with Crippen LogP contribution in [0.2, 0.25) is 0 Å². The molecule has 2 heterocycles. The monoisotopic (exact) mass is 335 g/mol. The fourth-order valence-electron chi connectivity index (χ4n) is 2.54. The third-order valence-corrected chi connectivity index (χ3v) is 3.70. The molecule has 1 N–H and O–H groups in total. The van der Waals surface area contributed by atoms with E-state index in [1.165, 1.54) is 29.4 Å². The fourth-order valence-corrected chi connectivity index (χ4v) is 2.54. The number of phenols is 1. The maximum Gasteiger partial charge on any atom is 0.232 e. The van der Waals surface area contributed by atoms with Gasteiger partial charge < -0.3 is 14.3 Å². The lowest BCUT2D eigenvalue weighted by Gasteiger charge is -2.17. The van der Waals surface area contributed by atoms with E-state index in [4.69, 9.17) is 19.7 Å². The summed E-state index contributed by atoms with van der Waals surface area (Å²) in [5.41, 5.74) is 0.679. The van der Waals surface area contributed by atoms with E-state index in [0.29, 0.717) is 16.9 Å². The molecule has 0 unspecified atom stereocenters. The van der Waals surface area contributed by atoms with Crippen LogP contribution in [0, 0.1) is 22.7 Å². The van der Waals surface area contributed by atoms with Gasteiger partial charge in [-0.3, -0.25) is 9.69 Å². The Kier molecular flexibility index (Phi) is 4.51. The second-order valence-electron chi connectivity index (χ2n) is 5.36. The molecule has 0 amide bonds. The molecule has 3 rings (SSSR count). The summed E-state index contributed by atoms with van der Waals surface area (Å²) in [4.78, 5) is 14.0. The average Bonchev–Trinajstić information content (AvgIpc) is 3.20. The van der Waals surface area contributed by atoms with Crippen LogP contribution in [0.5, 0.6) is 11.5 Å². The maximum atomic E-state index is 12.5. The zero-order valence-electron chi connectivity index (χ0n) is 13.1. The molecule has 1 aromatic heterocycles. The molecule has 0 bridgehead atoms. The minimum atomic E-state index is -0.320. The first-order valence-electron chi connectivity index (χ1n) is 7.43. The standard InChI is InChI=1S/C18H13N3O4/c19-5-7-21(8-6-20)11-14-15(22)4-3-13-17(23)16(25-18(13)14)10-12-2-1-9-24-12/h1-4,9-10,22H,7-8,11H2. The SMILES string of the molecule is N#CCN(CC#N)Cc1c(O)ccc2c1OC(=Cc1ccco1)C2=O. The number of carbonyl (C=O) groups is 1. The fraction of sp³-hybridized carbons (Fsp3) is 0.167. The zero-order chi connectivity index (χ0) is 17.8. The van der Waals surface area contributed by atoms with Gasteiger partial charge in [0.25, 0.3) is 0 Å². The number of nitrogens with zero attached hydrogens (tertiary/aromatic N) is 3. The van der Waals surface area contributed by atoms with Gasteiger partial charge >= 0.3 is 0 Å². The van der Waals surface area contributed by atoms with Crippen molar-refractivity contribution < 1.29 is 19.1 Å². The second-order valence-corrected chi connectivity index (χ2v) is 5.36. The number of rotatable bonds is 5. The molecule has 7 heteroatoms. The van der Waals surface area contributed by atoms with E-state index in [-0.39, 0.29) is 42.7 Å². The van der Waals surface area contributed by atoms with Crippen LogP contribution in [0.4, 0.5) is 0 Å². The van der Waals surface area contributed by atoms with Crippen LogP contribution in [-0.2, 0) is 6.54 Å². The Morgan fingerprint density at radius 2 is 1.96 bits per heavy atom. The summed E-state index contributed by atoms with van der Waals surface area (Å²) in [5, 5.41) is 27.9. The van der Waals surface area contributed by atoms with Gasteiger partial charge in [-0.1, -0.05) is 0 Å². The summed E-state index contributed by atoms with van der Waals surface area (Å²) in [6.07, 6.45) is 2.96. The lowest BCUT2D eigenvalue weighted by atomic mass is 10.0. The van der Waals surface area contributed by atoms with Crippen molar-refractivity contribution in [3.05, 3.63) is 53.2 Å². The number of ether oxygens (including phenoxy) is 1. The van der Waals surface area contributed by atoms with E-state index >= 15 is 0 Å². The second kappa shape index (κ2) is 6.91. The van der Waals surface area contributed by atoms with Crippen molar-refractivity contribution in [3.8, 4) is 23.6 Å². The number of allylic oxidation sites excluding steroid dienone is 1. The minimum absolute atomic E-state index is 0.0136. The highest BCUT2D eigenvalue weighted by Crippen LogP contribution is 2.40. The first kappa shape index (κ1) is 16.3. The largest absolute Gasteiger partial charge is 0.507 e. The molecule has 0 atom stereocenters. The highest BCUT2D eigenvalue weighted by atomic mass is 16.5. The third kappa shape index (κ3) is 3.23. The third-order valence-electron chi connectivity index (χ3n) is 3.70. The van der Waals surface area contributed by atoms with E-state index in [2.05, 4.69) is 0 Å². The highest BCUT2D eigenvalue weighted by molar-refractivity contribution is 6.14. The zero-order valence-corrected chi connectivity index (χ0v) is 13.1. The normalized spacial score (nSPS) is 14.2. The Morgan fingerprint density at radius 1 is 1.20 bits per heavy atom. The molecule has 1 aromatic carbocycles. The van der Waals surface area contributed by atoms with E-state index in [1.807, 2.05) is 12.1 Å².